The normalized spacial score (nSPS) is 14.9. The maximum Gasteiger partial charge on any atom is 0.416 e. The van der Waals surface area contributed by atoms with Gasteiger partial charge in [0.25, 0.3) is 10.0 Å². The number of hydrogen-bond acceptors (Lipinski definition) is 2. The Hall–Kier alpha value is -2.02. The fourth-order valence-electron chi connectivity index (χ4n) is 2.81. The van der Waals surface area contributed by atoms with E-state index in [1.807, 2.05) is 12.1 Å². The average Bonchev–Trinajstić information content (AvgIpc) is 2.93. The summed E-state index contributed by atoms with van der Waals surface area (Å²) in [6, 6.07) is 9.33. The van der Waals surface area contributed by atoms with Crippen LogP contribution in [0.2, 0.25) is 0 Å². The first kappa shape index (κ1) is 15.9. The van der Waals surface area contributed by atoms with Crippen molar-refractivity contribution in [2.24, 2.45) is 0 Å². The molecule has 0 saturated carbocycles. The zero-order chi connectivity index (χ0) is 16.8. The molecule has 2 aromatic carbocycles. The van der Waals surface area contributed by atoms with Crippen molar-refractivity contribution in [1.82, 2.24) is 0 Å². The van der Waals surface area contributed by atoms with Crippen LogP contribution in [0.4, 0.5) is 18.9 Å². The number of rotatable bonds is 2. The van der Waals surface area contributed by atoms with E-state index < -0.39 is 21.8 Å². The third-order valence-electron chi connectivity index (χ3n) is 3.90. The molecule has 3 nitrogen and oxygen atoms in total. The van der Waals surface area contributed by atoms with Crippen LogP contribution in [0.5, 0.6) is 0 Å². The van der Waals surface area contributed by atoms with Crippen LogP contribution in [-0.2, 0) is 22.6 Å². The molecule has 3 rings (SSSR count). The molecule has 0 N–H and O–H groups in total. The molecular weight excluding hydrogens is 327 g/mol. The van der Waals surface area contributed by atoms with Crippen molar-refractivity contribution >= 4 is 15.7 Å². The fourth-order valence-corrected chi connectivity index (χ4v) is 4.43. The lowest BCUT2D eigenvalue weighted by atomic mass is 10.1. The van der Waals surface area contributed by atoms with E-state index in [2.05, 4.69) is 0 Å². The zero-order valence-electron chi connectivity index (χ0n) is 12.3. The summed E-state index contributed by atoms with van der Waals surface area (Å²) >= 11 is 0. The quantitative estimate of drug-likeness (QED) is 0.834. The van der Waals surface area contributed by atoms with Gasteiger partial charge in [-0.2, -0.15) is 13.2 Å². The molecule has 0 radical (unpaired) electrons. The van der Waals surface area contributed by atoms with Gasteiger partial charge in [0, 0.05) is 6.54 Å². The highest BCUT2D eigenvalue weighted by Gasteiger charge is 2.35. The van der Waals surface area contributed by atoms with Gasteiger partial charge in [0.15, 0.2) is 0 Å². The number of hydrogen-bond donors (Lipinski definition) is 0. The molecule has 0 bridgehead atoms. The Balaban J connectivity index is 2.09. The number of nitrogens with zero attached hydrogens (tertiary/aromatic N) is 1. The van der Waals surface area contributed by atoms with Crippen LogP contribution in [0.3, 0.4) is 0 Å². The Bertz CT molecular complexity index is 860. The van der Waals surface area contributed by atoms with Crippen LogP contribution in [-0.4, -0.2) is 15.0 Å². The summed E-state index contributed by atoms with van der Waals surface area (Å²) in [6.07, 6.45) is -4.03. The number of alkyl halides is 3. The number of sulfonamides is 1. The molecule has 23 heavy (non-hydrogen) atoms. The summed E-state index contributed by atoms with van der Waals surface area (Å²) in [6.45, 7) is 2.03. The number of benzene rings is 2. The highest BCUT2D eigenvalue weighted by atomic mass is 32.2. The molecule has 1 heterocycles. The van der Waals surface area contributed by atoms with E-state index in [0.717, 1.165) is 23.3 Å². The second-order valence-corrected chi connectivity index (χ2v) is 7.30. The van der Waals surface area contributed by atoms with Gasteiger partial charge in [-0.25, -0.2) is 8.42 Å². The molecule has 0 atom stereocenters. The summed E-state index contributed by atoms with van der Waals surface area (Å²) in [4.78, 5) is -0.344. The van der Waals surface area contributed by atoms with Gasteiger partial charge in [0.05, 0.1) is 16.1 Å². The Morgan fingerprint density at radius 2 is 1.78 bits per heavy atom. The van der Waals surface area contributed by atoms with Crippen molar-refractivity contribution in [2.75, 3.05) is 10.8 Å². The van der Waals surface area contributed by atoms with E-state index in [4.69, 9.17) is 0 Å². The van der Waals surface area contributed by atoms with Crippen LogP contribution in [0, 0.1) is 6.92 Å². The first-order chi connectivity index (χ1) is 10.7. The van der Waals surface area contributed by atoms with Gasteiger partial charge in [-0.3, -0.25) is 4.31 Å². The molecule has 1 aliphatic rings. The lowest BCUT2D eigenvalue weighted by Crippen LogP contribution is -2.29. The largest absolute Gasteiger partial charge is 0.416 e. The highest BCUT2D eigenvalue weighted by molar-refractivity contribution is 7.92. The van der Waals surface area contributed by atoms with Crippen molar-refractivity contribution in [3.63, 3.8) is 0 Å². The van der Waals surface area contributed by atoms with E-state index in [1.54, 1.807) is 13.0 Å². The van der Waals surface area contributed by atoms with E-state index in [9.17, 15) is 21.6 Å². The van der Waals surface area contributed by atoms with Crippen LogP contribution in [0.25, 0.3) is 0 Å². The molecule has 0 aromatic heterocycles. The number of aryl methyl sites for hydroxylation is 1. The predicted molar refractivity (Wildman–Crippen MR) is 80.9 cm³/mol. The standard InChI is InChI=1S/C16H14F3NO2S/c1-11-4-2-5-12-8-9-20(15(11)12)23(21,22)14-7-3-6-13(10-14)16(17,18)19/h2-7,10H,8-9H2,1H3. The predicted octanol–water partition coefficient (Wildman–Crippen LogP) is 3.77. The van der Waals surface area contributed by atoms with Gasteiger partial charge in [-0.15, -0.1) is 0 Å². The van der Waals surface area contributed by atoms with E-state index >= 15 is 0 Å². The summed E-state index contributed by atoms with van der Waals surface area (Å²) in [5, 5.41) is 0. The van der Waals surface area contributed by atoms with Gasteiger partial charge in [0.1, 0.15) is 0 Å². The third-order valence-corrected chi connectivity index (χ3v) is 5.70. The summed E-state index contributed by atoms with van der Waals surface area (Å²) in [5.41, 5.74) is 1.28. The first-order valence-electron chi connectivity index (χ1n) is 7.00. The summed E-state index contributed by atoms with van der Waals surface area (Å²) in [5.74, 6) is 0. The van der Waals surface area contributed by atoms with Crippen molar-refractivity contribution in [2.45, 2.75) is 24.4 Å². The van der Waals surface area contributed by atoms with Gasteiger partial charge in [0.2, 0.25) is 0 Å². The Kier molecular flexibility index (Phi) is 3.63. The molecule has 0 fully saturated rings. The maximum atomic E-state index is 12.8. The van der Waals surface area contributed by atoms with Crippen molar-refractivity contribution in [1.29, 1.82) is 0 Å². The van der Waals surface area contributed by atoms with Gasteiger partial charge >= 0.3 is 6.18 Å². The number of para-hydroxylation sites is 1. The Morgan fingerprint density at radius 3 is 2.48 bits per heavy atom. The molecule has 0 amide bonds. The molecule has 1 aliphatic heterocycles. The van der Waals surface area contributed by atoms with Gasteiger partial charge in [-0.1, -0.05) is 24.3 Å². The van der Waals surface area contributed by atoms with Crippen LogP contribution in [0.15, 0.2) is 47.4 Å². The minimum atomic E-state index is -4.58. The summed E-state index contributed by atoms with van der Waals surface area (Å²) in [7, 11) is -4.02. The monoisotopic (exact) mass is 341 g/mol. The molecule has 7 heteroatoms. The van der Waals surface area contributed by atoms with Crippen molar-refractivity contribution in [3.8, 4) is 0 Å². The molecule has 2 aromatic rings. The van der Waals surface area contributed by atoms with Crippen LogP contribution < -0.4 is 4.31 Å². The Morgan fingerprint density at radius 1 is 1.09 bits per heavy atom. The highest BCUT2D eigenvalue weighted by Crippen LogP contribution is 2.37. The van der Waals surface area contributed by atoms with Gasteiger partial charge < -0.3 is 0 Å². The van der Waals surface area contributed by atoms with Crippen LogP contribution in [0.1, 0.15) is 16.7 Å². The number of halogens is 3. The van der Waals surface area contributed by atoms with Crippen LogP contribution >= 0.6 is 0 Å². The average molecular weight is 341 g/mol. The van der Waals surface area contributed by atoms with Gasteiger partial charge in [-0.05, 0) is 42.7 Å². The lowest BCUT2D eigenvalue weighted by molar-refractivity contribution is -0.137. The minimum Gasteiger partial charge on any atom is -0.265 e. The zero-order valence-corrected chi connectivity index (χ0v) is 13.1. The summed E-state index contributed by atoms with van der Waals surface area (Å²) < 4.78 is 65.3. The van der Waals surface area contributed by atoms with E-state index in [0.29, 0.717) is 18.2 Å². The third kappa shape index (κ3) is 2.69. The lowest BCUT2D eigenvalue weighted by Gasteiger charge is -2.21. The molecule has 0 spiro atoms. The second-order valence-electron chi connectivity index (χ2n) is 5.44. The Labute approximate surface area is 132 Å². The SMILES string of the molecule is Cc1cccc2c1N(S(=O)(=O)c1cccc(C(F)(F)F)c1)CC2. The van der Waals surface area contributed by atoms with E-state index in [-0.39, 0.29) is 11.4 Å². The second kappa shape index (κ2) is 5.26. The minimum absolute atomic E-state index is 0.235. The number of anilines is 1. The fraction of sp³-hybridized carbons (Fsp3) is 0.250. The van der Waals surface area contributed by atoms with Crippen molar-refractivity contribution < 1.29 is 21.6 Å². The van der Waals surface area contributed by atoms with E-state index in [1.165, 1.54) is 10.4 Å². The molecular formula is C16H14F3NO2S. The smallest absolute Gasteiger partial charge is 0.265 e. The first-order valence-corrected chi connectivity index (χ1v) is 8.44. The van der Waals surface area contributed by atoms with Crippen molar-refractivity contribution in [3.05, 3.63) is 59.2 Å². The number of fused-ring (bicyclic) bond motifs is 1. The maximum absolute atomic E-state index is 12.8. The topological polar surface area (TPSA) is 37.4 Å². The molecule has 0 saturated heterocycles. The molecule has 0 aliphatic carbocycles. The molecule has 0 unspecified atom stereocenters. The molecule has 122 valence electrons.